The zero-order chi connectivity index (χ0) is 13.3. The highest BCUT2D eigenvalue weighted by atomic mass is 32.2. The highest BCUT2D eigenvalue weighted by molar-refractivity contribution is 7.91. The fourth-order valence-electron chi connectivity index (χ4n) is 1.47. The van der Waals surface area contributed by atoms with Crippen molar-refractivity contribution in [3.63, 3.8) is 0 Å². The van der Waals surface area contributed by atoms with Crippen LogP contribution in [0.25, 0.3) is 0 Å². The van der Waals surface area contributed by atoms with Crippen molar-refractivity contribution in [1.29, 1.82) is 0 Å². The van der Waals surface area contributed by atoms with Crippen LogP contribution in [0.2, 0.25) is 0 Å². The predicted molar refractivity (Wildman–Crippen MR) is 63.3 cm³/mol. The van der Waals surface area contributed by atoms with Gasteiger partial charge in [-0.25, -0.2) is 8.42 Å². The highest BCUT2D eigenvalue weighted by Crippen LogP contribution is 2.38. The van der Waals surface area contributed by atoms with E-state index in [1.54, 1.807) is 18.2 Å². The molecule has 6 heteroatoms. The molecule has 0 bridgehead atoms. The van der Waals surface area contributed by atoms with Crippen molar-refractivity contribution >= 4 is 9.84 Å². The van der Waals surface area contributed by atoms with Gasteiger partial charge in [-0.2, -0.15) is 0 Å². The summed E-state index contributed by atoms with van der Waals surface area (Å²) in [5.74, 6) is -2.13. The molecule has 0 atom stereocenters. The zero-order valence-electron chi connectivity index (χ0n) is 9.11. The predicted octanol–water partition coefficient (Wildman–Crippen LogP) is 1.64. The van der Waals surface area contributed by atoms with Gasteiger partial charge in [0.2, 0.25) is 9.84 Å². The zero-order valence-corrected chi connectivity index (χ0v) is 9.92. The molecule has 0 aliphatic heterocycles. The van der Waals surface area contributed by atoms with Gasteiger partial charge in [-0.15, -0.1) is 0 Å². The first-order chi connectivity index (χ1) is 8.43. The molecule has 18 heavy (non-hydrogen) atoms. The average Bonchev–Trinajstić information content (AvgIpc) is 2.36. The van der Waals surface area contributed by atoms with E-state index in [0.29, 0.717) is 0 Å². The topological polar surface area (TPSA) is 94.8 Å². The summed E-state index contributed by atoms with van der Waals surface area (Å²) in [4.78, 5) is -0.254. The molecular formula is C12H10O5S. The number of phenolic OH excluding ortho intramolecular Hbond substituents is 3. The molecule has 94 valence electrons. The van der Waals surface area contributed by atoms with Gasteiger partial charge < -0.3 is 15.3 Å². The second-order valence-electron chi connectivity index (χ2n) is 3.63. The first-order valence-electron chi connectivity index (χ1n) is 4.98. The van der Waals surface area contributed by atoms with Crippen LogP contribution in [0, 0.1) is 0 Å². The Labute approximate surface area is 103 Å². The van der Waals surface area contributed by atoms with E-state index in [1.807, 2.05) is 0 Å². The SMILES string of the molecule is O=S(=O)(c1ccccc1)c1cc(O)c(O)c(O)c1. The lowest BCUT2D eigenvalue weighted by Crippen LogP contribution is -2.01. The first-order valence-corrected chi connectivity index (χ1v) is 6.46. The number of phenols is 3. The molecule has 2 rings (SSSR count). The number of hydrogen-bond acceptors (Lipinski definition) is 5. The van der Waals surface area contributed by atoms with Crippen LogP contribution in [0.1, 0.15) is 0 Å². The van der Waals surface area contributed by atoms with Crippen LogP contribution in [0.15, 0.2) is 52.3 Å². The lowest BCUT2D eigenvalue weighted by molar-refractivity contribution is 0.366. The Morgan fingerprint density at radius 1 is 0.778 bits per heavy atom. The van der Waals surface area contributed by atoms with Crippen molar-refractivity contribution in [2.75, 3.05) is 0 Å². The summed E-state index contributed by atoms with van der Waals surface area (Å²) in [5.41, 5.74) is 0. The fraction of sp³-hybridized carbons (Fsp3) is 0. The van der Waals surface area contributed by atoms with E-state index in [9.17, 15) is 23.7 Å². The van der Waals surface area contributed by atoms with E-state index in [-0.39, 0.29) is 9.79 Å². The number of hydrogen-bond donors (Lipinski definition) is 3. The Morgan fingerprint density at radius 3 is 1.78 bits per heavy atom. The van der Waals surface area contributed by atoms with Crippen LogP contribution in [0.4, 0.5) is 0 Å². The van der Waals surface area contributed by atoms with Crippen molar-refractivity contribution < 1.29 is 23.7 Å². The maximum Gasteiger partial charge on any atom is 0.206 e. The largest absolute Gasteiger partial charge is 0.504 e. The molecule has 2 aromatic rings. The molecule has 0 heterocycles. The third-order valence-corrected chi connectivity index (χ3v) is 4.16. The van der Waals surface area contributed by atoms with Crippen LogP contribution in [0.5, 0.6) is 17.2 Å². The third kappa shape index (κ3) is 1.98. The van der Waals surface area contributed by atoms with Gasteiger partial charge in [-0.1, -0.05) is 18.2 Å². The van der Waals surface area contributed by atoms with Crippen LogP contribution in [-0.2, 0) is 9.84 Å². The molecule has 3 N–H and O–H groups in total. The quantitative estimate of drug-likeness (QED) is 0.718. The minimum absolute atomic E-state index is 0.0366. The molecule has 0 spiro atoms. The molecule has 2 aromatic carbocycles. The van der Waals surface area contributed by atoms with Gasteiger partial charge >= 0.3 is 0 Å². The Morgan fingerprint density at radius 2 is 1.28 bits per heavy atom. The average molecular weight is 266 g/mol. The van der Waals surface area contributed by atoms with Crippen LogP contribution < -0.4 is 0 Å². The lowest BCUT2D eigenvalue weighted by Gasteiger charge is -2.07. The molecule has 5 nitrogen and oxygen atoms in total. The maximum atomic E-state index is 12.1. The molecular weight excluding hydrogens is 256 g/mol. The standard InChI is InChI=1S/C12H10O5S/c13-10-6-9(7-11(14)12(10)15)18(16,17)8-4-2-1-3-5-8/h1-7,13-15H. The van der Waals surface area contributed by atoms with Crippen molar-refractivity contribution in [3.8, 4) is 17.2 Å². The van der Waals surface area contributed by atoms with Crippen molar-refractivity contribution in [2.45, 2.75) is 9.79 Å². The monoisotopic (exact) mass is 266 g/mol. The van der Waals surface area contributed by atoms with E-state index in [2.05, 4.69) is 0 Å². The van der Waals surface area contributed by atoms with E-state index < -0.39 is 27.1 Å². The van der Waals surface area contributed by atoms with Gasteiger partial charge in [0.05, 0.1) is 9.79 Å². The molecule has 0 saturated heterocycles. The normalized spacial score (nSPS) is 11.3. The molecule has 0 fully saturated rings. The first kappa shape index (κ1) is 12.3. The van der Waals surface area contributed by atoms with Gasteiger partial charge in [-0.05, 0) is 12.1 Å². The van der Waals surface area contributed by atoms with E-state index in [1.165, 1.54) is 12.1 Å². The van der Waals surface area contributed by atoms with E-state index >= 15 is 0 Å². The fourth-order valence-corrected chi connectivity index (χ4v) is 2.79. The van der Waals surface area contributed by atoms with Crippen molar-refractivity contribution in [1.82, 2.24) is 0 Å². The number of aromatic hydroxyl groups is 3. The van der Waals surface area contributed by atoms with Crippen molar-refractivity contribution in [2.24, 2.45) is 0 Å². The summed E-state index contributed by atoms with van der Waals surface area (Å²) in [5, 5.41) is 27.8. The Kier molecular flexibility index (Phi) is 2.88. The molecule has 0 aromatic heterocycles. The molecule has 0 aliphatic carbocycles. The number of sulfone groups is 1. The number of benzene rings is 2. The summed E-state index contributed by atoms with van der Waals surface area (Å²) in [7, 11) is -3.83. The minimum atomic E-state index is -3.83. The van der Waals surface area contributed by atoms with E-state index in [0.717, 1.165) is 12.1 Å². The van der Waals surface area contributed by atoms with E-state index in [4.69, 9.17) is 0 Å². The molecule has 0 radical (unpaired) electrons. The van der Waals surface area contributed by atoms with Crippen LogP contribution >= 0.6 is 0 Å². The van der Waals surface area contributed by atoms with Gasteiger partial charge in [0.15, 0.2) is 17.2 Å². The van der Waals surface area contributed by atoms with Gasteiger partial charge in [0.25, 0.3) is 0 Å². The van der Waals surface area contributed by atoms with Crippen LogP contribution in [0.3, 0.4) is 0 Å². The Hall–Kier alpha value is -2.21. The summed E-state index contributed by atoms with van der Waals surface area (Å²) in [6.07, 6.45) is 0. The second-order valence-corrected chi connectivity index (χ2v) is 5.58. The maximum absolute atomic E-state index is 12.1. The van der Waals surface area contributed by atoms with Gasteiger partial charge in [0.1, 0.15) is 0 Å². The van der Waals surface area contributed by atoms with Crippen LogP contribution in [-0.4, -0.2) is 23.7 Å². The van der Waals surface area contributed by atoms with Gasteiger partial charge in [0, 0.05) is 12.1 Å². The smallest absolute Gasteiger partial charge is 0.206 e. The van der Waals surface area contributed by atoms with Crippen molar-refractivity contribution in [3.05, 3.63) is 42.5 Å². The Balaban J connectivity index is 2.63. The lowest BCUT2D eigenvalue weighted by atomic mass is 10.3. The summed E-state index contributed by atoms with van der Waals surface area (Å²) >= 11 is 0. The minimum Gasteiger partial charge on any atom is -0.504 e. The third-order valence-electron chi connectivity index (χ3n) is 2.41. The second kappa shape index (κ2) is 4.23. The molecule has 0 amide bonds. The summed E-state index contributed by atoms with van der Waals surface area (Å²) < 4.78 is 24.3. The number of rotatable bonds is 2. The van der Waals surface area contributed by atoms with Gasteiger partial charge in [-0.3, -0.25) is 0 Å². The molecule has 0 aliphatic rings. The molecule has 0 saturated carbocycles. The Bertz CT molecular complexity index is 654. The highest BCUT2D eigenvalue weighted by Gasteiger charge is 2.20. The summed E-state index contributed by atoms with van der Waals surface area (Å²) in [6.45, 7) is 0. The summed E-state index contributed by atoms with van der Waals surface area (Å²) in [6, 6.07) is 9.37. The molecule has 0 unspecified atom stereocenters.